The smallest absolute Gasteiger partial charge is 0.410 e. The Morgan fingerprint density at radius 1 is 1.40 bits per heavy atom. The fourth-order valence-electron chi connectivity index (χ4n) is 2.58. The highest BCUT2D eigenvalue weighted by Crippen LogP contribution is 2.37. The molecule has 86 valence electrons. The summed E-state index contributed by atoms with van der Waals surface area (Å²) in [6.07, 6.45) is 1.99. The molecule has 1 saturated heterocycles. The number of ether oxygens (including phenoxy) is 1. The van der Waals surface area contributed by atoms with Crippen LogP contribution in [-0.2, 0) is 4.74 Å². The molecule has 0 aromatic carbocycles. The van der Waals surface area contributed by atoms with Gasteiger partial charge in [0.05, 0.1) is 6.04 Å². The summed E-state index contributed by atoms with van der Waals surface area (Å²) in [6.45, 7) is 6.44. The fourth-order valence-corrected chi connectivity index (χ4v) is 2.58. The van der Waals surface area contributed by atoms with Crippen LogP contribution in [0.25, 0.3) is 0 Å². The van der Waals surface area contributed by atoms with Crippen LogP contribution in [0.1, 0.15) is 33.6 Å². The van der Waals surface area contributed by atoms with Gasteiger partial charge < -0.3 is 15.4 Å². The Hall–Kier alpha value is -0.770. The van der Waals surface area contributed by atoms with Gasteiger partial charge in [0.2, 0.25) is 0 Å². The zero-order valence-electron chi connectivity index (χ0n) is 9.69. The van der Waals surface area contributed by atoms with Crippen LogP contribution in [0.3, 0.4) is 0 Å². The van der Waals surface area contributed by atoms with Crippen molar-refractivity contribution in [3.8, 4) is 0 Å². The number of hydrogen-bond donors (Lipinski definition) is 1. The Balaban J connectivity index is 1.99. The van der Waals surface area contributed by atoms with Crippen molar-refractivity contribution < 1.29 is 9.53 Å². The normalized spacial score (nSPS) is 34.7. The van der Waals surface area contributed by atoms with E-state index in [9.17, 15) is 4.79 Å². The number of hydrogen-bond acceptors (Lipinski definition) is 3. The number of nitrogens with two attached hydrogens (primary N) is 1. The number of rotatable bonds is 0. The quantitative estimate of drug-likeness (QED) is 0.659. The van der Waals surface area contributed by atoms with Crippen LogP contribution < -0.4 is 5.73 Å². The lowest BCUT2D eigenvalue weighted by molar-refractivity contribution is 0.0188. The number of fused-ring (bicyclic) bond motifs is 2. The molecule has 4 nitrogen and oxygen atoms in total. The minimum absolute atomic E-state index is 0.164. The summed E-state index contributed by atoms with van der Waals surface area (Å²) in [4.78, 5) is 13.7. The van der Waals surface area contributed by atoms with Crippen LogP contribution in [0.15, 0.2) is 0 Å². The third-order valence-corrected chi connectivity index (χ3v) is 3.28. The first-order valence-corrected chi connectivity index (χ1v) is 5.64. The molecule has 2 aliphatic rings. The number of piperidine rings is 1. The maximum Gasteiger partial charge on any atom is 0.410 e. The number of carbonyl (C=O) groups is 1. The van der Waals surface area contributed by atoms with Crippen molar-refractivity contribution in [2.45, 2.75) is 51.3 Å². The van der Waals surface area contributed by atoms with Gasteiger partial charge in [0, 0.05) is 12.6 Å². The molecule has 1 aliphatic carbocycles. The highest BCUT2D eigenvalue weighted by Gasteiger charge is 2.47. The first kappa shape index (κ1) is 10.7. The van der Waals surface area contributed by atoms with E-state index in [0.717, 1.165) is 19.4 Å². The van der Waals surface area contributed by atoms with Gasteiger partial charge in [0.1, 0.15) is 5.60 Å². The highest BCUT2D eigenvalue weighted by atomic mass is 16.6. The van der Waals surface area contributed by atoms with Gasteiger partial charge in [-0.05, 0) is 39.5 Å². The first-order valence-electron chi connectivity index (χ1n) is 5.64. The van der Waals surface area contributed by atoms with Crippen molar-refractivity contribution >= 4 is 6.09 Å². The summed E-state index contributed by atoms with van der Waals surface area (Å²) in [5.74, 6) is 0.488. The van der Waals surface area contributed by atoms with Crippen LogP contribution in [0.4, 0.5) is 4.79 Å². The van der Waals surface area contributed by atoms with E-state index in [2.05, 4.69) is 0 Å². The van der Waals surface area contributed by atoms with Gasteiger partial charge in [-0.1, -0.05) is 0 Å². The second-order valence-corrected chi connectivity index (χ2v) is 5.61. The molecule has 0 spiro atoms. The Morgan fingerprint density at radius 3 is 2.47 bits per heavy atom. The molecule has 1 saturated carbocycles. The molecular weight excluding hydrogens is 192 g/mol. The molecule has 3 atom stereocenters. The van der Waals surface area contributed by atoms with E-state index in [0.29, 0.717) is 5.92 Å². The molecule has 15 heavy (non-hydrogen) atoms. The third kappa shape index (κ3) is 1.95. The van der Waals surface area contributed by atoms with E-state index in [1.54, 1.807) is 0 Å². The zero-order valence-corrected chi connectivity index (χ0v) is 9.69. The van der Waals surface area contributed by atoms with Gasteiger partial charge >= 0.3 is 6.09 Å². The Labute approximate surface area is 90.8 Å². The van der Waals surface area contributed by atoms with Gasteiger partial charge in [-0.25, -0.2) is 4.79 Å². The Bertz CT molecular complexity index is 272. The predicted molar refractivity (Wildman–Crippen MR) is 57.4 cm³/mol. The van der Waals surface area contributed by atoms with Crippen molar-refractivity contribution in [3.63, 3.8) is 0 Å². The Morgan fingerprint density at radius 2 is 2.07 bits per heavy atom. The van der Waals surface area contributed by atoms with Crippen LogP contribution in [0, 0.1) is 5.92 Å². The van der Waals surface area contributed by atoms with E-state index in [1.165, 1.54) is 0 Å². The molecule has 0 unspecified atom stereocenters. The molecule has 1 aliphatic heterocycles. The summed E-state index contributed by atoms with van der Waals surface area (Å²) < 4.78 is 5.35. The van der Waals surface area contributed by atoms with Gasteiger partial charge in [0.25, 0.3) is 0 Å². The molecule has 0 aromatic rings. The summed E-state index contributed by atoms with van der Waals surface area (Å²) in [5.41, 5.74) is 5.61. The van der Waals surface area contributed by atoms with Gasteiger partial charge in [-0.15, -0.1) is 0 Å². The molecule has 1 heterocycles. The van der Waals surface area contributed by atoms with Crippen molar-refractivity contribution in [3.05, 3.63) is 0 Å². The monoisotopic (exact) mass is 212 g/mol. The second kappa shape index (κ2) is 3.37. The van der Waals surface area contributed by atoms with E-state index in [-0.39, 0.29) is 18.2 Å². The van der Waals surface area contributed by atoms with Crippen LogP contribution >= 0.6 is 0 Å². The molecule has 4 heteroatoms. The standard InChI is InChI=1S/C11H20N2O2/c1-11(2,3)15-10(14)13-6-7-4-5-8(13)9(7)12/h7-9H,4-6,12H2,1-3H3/t7-,8-,9-/m0/s1. The SMILES string of the molecule is CC(C)(C)OC(=O)N1C[C@@H]2CC[C@H]1[C@H]2N. The maximum atomic E-state index is 11.8. The lowest BCUT2D eigenvalue weighted by Gasteiger charge is -2.30. The molecule has 2 rings (SSSR count). The molecule has 2 fully saturated rings. The zero-order chi connectivity index (χ0) is 11.2. The minimum Gasteiger partial charge on any atom is -0.444 e. The maximum absolute atomic E-state index is 11.8. The Kier molecular flexibility index (Phi) is 2.41. The van der Waals surface area contributed by atoms with Crippen molar-refractivity contribution in [1.29, 1.82) is 0 Å². The van der Waals surface area contributed by atoms with E-state index >= 15 is 0 Å². The van der Waals surface area contributed by atoms with Crippen LogP contribution in [0.5, 0.6) is 0 Å². The second-order valence-electron chi connectivity index (χ2n) is 5.61. The van der Waals surface area contributed by atoms with Gasteiger partial charge in [0.15, 0.2) is 0 Å². The predicted octanol–water partition coefficient (Wildman–Crippen LogP) is 1.34. The molecule has 2 N–H and O–H groups in total. The first-order chi connectivity index (χ1) is 6.88. The van der Waals surface area contributed by atoms with Crippen molar-refractivity contribution in [2.75, 3.05) is 6.54 Å². The highest BCUT2D eigenvalue weighted by molar-refractivity contribution is 5.69. The lowest BCUT2D eigenvalue weighted by atomic mass is 10.1. The van der Waals surface area contributed by atoms with E-state index in [4.69, 9.17) is 10.5 Å². The van der Waals surface area contributed by atoms with Crippen molar-refractivity contribution in [2.24, 2.45) is 11.7 Å². The van der Waals surface area contributed by atoms with Gasteiger partial charge in [-0.2, -0.15) is 0 Å². The van der Waals surface area contributed by atoms with E-state index < -0.39 is 5.60 Å². The molecule has 1 amide bonds. The van der Waals surface area contributed by atoms with Crippen LogP contribution in [0.2, 0.25) is 0 Å². The summed E-state index contributed by atoms with van der Waals surface area (Å²) in [7, 11) is 0. The largest absolute Gasteiger partial charge is 0.444 e. The average Bonchev–Trinajstić information content (AvgIpc) is 2.59. The minimum atomic E-state index is -0.414. The lowest BCUT2D eigenvalue weighted by Crippen LogP contribution is -2.44. The fraction of sp³-hybridized carbons (Fsp3) is 0.909. The van der Waals surface area contributed by atoms with Crippen LogP contribution in [-0.4, -0.2) is 35.2 Å². The summed E-state index contributed by atoms with van der Waals surface area (Å²) in [6, 6.07) is 0.377. The number of amides is 1. The number of nitrogens with zero attached hydrogens (tertiary/aromatic N) is 1. The van der Waals surface area contributed by atoms with Crippen molar-refractivity contribution in [1.82, 2.24) is 4.90 Å². The summed E-state index contributed by atoms with van der Waals surface area (Å²) in [5, 5.41) is 0. The molecule has 2 bridgehead atoms. The molecular formula is C11H20N2O2. The third-order valence-electron chi connectivity index (χ3n) is 3.28. The summed E-state index contributed by atoms with van der Waals surface area (Å²) >= 11 is 0. The van der Waals surface area contributed by atoms with E-state index in [1.807, 2.05) is 25.7 Å². The number of carbonyl (C=O) groups excluding carboxylic acids is 1. The topological polar surface area (TPSA) is 55.6 Å². The number of likely N-dealkylation sites (tertiary alicyclic amines) is 1. The van der Waals surface area contributed by atoms with Gasteiger partial charge in [-0.3, -0.25) is 0 Å². The average molecular weight is 212 g/mol. The molecule has 0 aromatic heterocycles. The molecule has 0 radical (unpaired) electrons.